The highest BCUT2D eigenvalue weighted by Gasteiger charge is 2.56. The SMILES string of the molecule is O=C(O)N1CCC(C(=O)O)(N2CC(C(F)(F)F)NC2=O)CC1. The van der Waals surface area contributed by atoms with Crippen molar-refractivity contribution in [1.82, 2.24) is 15.1 Å². The molecular weight excluding hydrogens is 311 g/mol. The van der Waals surface area contributed by atoms with Gasteiger partial charge in [0.2, 0.25) is 0 Å². The quantitative estimate of drug-likeness (QED) is 0.686. The third-order valence-electron chi connectivity index (χ3n) is 4.08. The number of rotatable bonds is 2. The molecule has 2 heterocycles. The van der Waals surface area contributed by atoms with E-state index in [-0.39, 0.29) is 25.9 Å². The van der Waals surface area contributed by atoms with Gasteiger partial charge in [-0.1, -0.05) is 0 Å². The van der Waals surface area contributed by atoms with Gasteiger partial charge in [0.05, 0.1) is 6.54 Å². The summed E-state index contributed by atoms with van der Waals surface area (Å²) >= 11 is 0. The zero-order valence-corrected chi connectivity index (χ0v) is 11.3. The van der Waals surface area contributed by atoms with E-state index in [4.69, 9.17) is 5.11 Å². The molecule has 11 heteroatoms. The number of hydrogen-bond donors (Lipinski definition) is 3. The molecule has 0 bridgehead atoms. The number of alkyl halides is 3. The summed E-state index contributed by atoms with van der Waals surface area (Å²) in [7, 11) is 0. The molecule has 0 radical (unpaired) electrons. The topological polar surface area (TPSA) is 110 Å². The molecule has 2 rings (SSSR count). The van der Waals surface area contributed by atoms with Gasteiger partial charge in [-0.05, 0) is 12.8 Å². The average molecular weight is 325 g/mol. The molecule has 0 aromatic carbocycles. The normalized spacial score (nSPS) is 25.0. The highest BCUT2D eigenvalue weighted by Crippen LogP contribution is 2.34. The number of carboxylic acids is 1. The second-order valence-corrected chi connectivity index (χ2v) is 5.26. The Morgan fingerprint density at radius 1 is 1.23 bits per heavy atom. The van der Waals surface area contributed by atoms with E-state index in [0.29, 0.717) is 4.90 Å². The van der Waals surface area contributed by atoms with Crippen LogP contribution in [0.25, 0.3) is 0 Å². The van der Waals surface area contributed by atoms with Crippen LogP contribution in [0.5, 0.6) is 0 Å². The lowest BCUT2D eigenvalue weighted by molar-refractivity contribution is -0.159. The van der Waals surface area contributed by atoms with Crippen molar-refractivity contribution >= 4 is 18.1 Å². The first-order chi connectivity index (χ1) is 10.1. The van der Waals surface area contributed by atoms with Gasteiger partial charge in [-0.3, -0.25) is 0 Å². The Labute approximate surface area is 122 Å². The lowest BCUT2D eigenvalue weighted by Gasteiger charge is -2.42. The Hall–Kier alpha value is -2.20. The third-order valence-corrected chi connectivity index (χ3v) is 4.08. The molecule has 0 saturated carbocycles. The van der Waals surface area contributed by atoms with Gasteiger partial charge in [0, 0.05) is 13.1 Å². The van der Waals surface area contributed by atoms with Crippen LogP contribution in [-0.4, -0.2) is 75.5 Å². The van der Waals surface area contributed by atoms with E-state index in [2.05, 4.69) is 0 Å². The van der Waals surface area contributed by atoms with Crippen molar-refractivity contribution in [1.29, 1.82) is 0 Å². The molecule has 2 saturated heterocycles. The van der Waals surface area contributed by atoms with Crippen molar-refractivity contribution in [2.75, 3.05) is 19.6 Å². The number of hydrogen-bond acceptors (Lipinski definition) is 3. The zero-order chi connectivity index (χ0) is 16.7. The van der Waals surface area contributed by atoms with E-state index in [0.717, 1.165) is 4.90 Å². The maximum absolute atomic E-state index is 12.7. The molecule has 0 aliphatic carbocycles. The van der Waals surface area contributed by atoms with Crippen molar-refractivity contribution in [2.24, 2.45) is 0 Å². The molecule has 124 valence electrons. The van der Waals surface area contributed by atoms with Crippen LogP contribution in [0.2, 0.25) is 0 Å². The van der Waals surface area contributed by atoms with Gasteiger partial charge in [-0.15, -0.1) is 0 Å². The van der Waals surface area contributed by atoms with Gasteiger partial charge in [0.15, 0.2) is 0 Å². The van der Waals surface area contributed by atoms with E-state index >= 15 is 0 Å². The van der Waals surface area contributed by atoms with Crippen LogP contribution in [0.4, 0.5) is 22.8 Å². The number of likely N-dealkylation sites (tertiary alicyclic amines) is 1. The van der Waals surface area contributed by atoms with Crippen molar-refractivity contribution < 1.29 is 37.8 Å². The van der Waals surface area contributed by atoms with Gasteiger partial charge >= 0.3 is 24.3 Å². The fourth-order valence-electron chi connectivity index (χ4n) is 2.76. The molecule has 22 heavy (non-hydrogen) atoms. The number of piperidine rings is 1. The number of amides is 3. The summed E-state index contributed by atoms with van der Waals surface area (Å²) in [5.41, 5.74) is -1.82. The summed E-state index contributed by atoms with van der Waals surface area (Å²) in [4.78, 5) is 35.8. The number of carbonyl (C=O) groups is 3. The van der Waals surface area contributed by atoms with Crippen molar-refractivity contribution in [3.8, 4) is 0 Å². The number of urea groups is 1. The first kappa shape index (κ1) is 16.2. The predicted molar refractivity (Wildman–Crippen MR) is 64.3 cm³/mol. The van der Waals surface area contributed by atoms with E-state index in [1.54, 1.807) is 5.32 Å². The summed E-state index contributed by atoms with van der Waals surface area (Å²) in [5, 5.41) is 20.0. The maximum atomic E-state index is 12.7. The molecule has 1 unspecified atom stereocenters. The Morgan fingerprint density at radius 2 is 1.77 bits per heavy atom. The number of carbonyl (C=O) groups excluding carboxylic acids is 1. The molecule has 0 spiro atoms. The highest BCUT2D eigenvalue weighted by molar-refractivity contribution is 5.88. The van der Waals surface area contributed by atoms with E-state index in [1.165, 1.54) is 0 Å². The predicted octanol–water partition coefficient (Wildman–Crippen LogP) is 0.540. The Bertz CT molecular complexity index is 502. The summed E-state index contributed by atoms with van der Waals surface area (Å²) in [6.07, 6.45) is -6.43. The van der Waals surface area contributed by atoms with Crippen LogP contribution >= 0.6 is 0 Å². The number of nitrogens with zero attached hydrogens (tertiary/aromatic N) is 2. The monoisotopic (exact) mass is 325 g/mol. The summed E-state index contributed by atoms with van der Waals surface area (Å²) < 4.78 is 38.1. The number of nitrogens with one attached hydrogen (secondary N) is 1. The Kier molecular flexibility index (Phi) is 3.83. The van der Waals surface area contributed by atoms with Crippen LogP contribution in [0.15, 0.2) is 0 Å². The highest BCUT2D eigenvalue weighted by atomic mass is 19.4. The number of halogens is 3. The number of carboxylic acid groups (broad SMARTS) is 2. The maximum Gasteiger partial charge on any atom is 0.410 e. The van der Waals surface area contributed by atoms with Crippen LogP contribution in [0.1, 0.15) is 12.8 Å². The molecule has 1 atom stereocenters. The summed E-state index contributed by atoms with van der Waals surface area (Å²) in [5.74, 6) is -1.43. The second-order valence-electron chi connectivity index (χ2n) is 5.26. The molecule has 8 nitrogen and oxygen atoms in total. The first-order valence-electron chi connectivity index (χ1n) is 6.44. The van der Waals surface area contributed by atoms with Crippen molar-refractivity contribution in [3.63, 3.8) is 0 Å². The molecular formula is C11H14F3N3O5. The average Bonchev–Trinajstić information content (AvgIpc) is 2.81. The van der Waals surface area contributed by atoms with E-state index in [9.17, 15) is 32.7 Å². The minimum absolute atomic E-state index is 0.165. The summed E-state index contributed by atoms with van der Waals surface area (Å²) in [6, 6.07) is -3.23. The van der Waals surface area contributed by atoms with E-state index < -0.39 is 42.4 Å². The largest absolute Gasteiger partial charge is 0.479 e. The van der Waals surface area contributed by atoms with E-state index in [1.807, 2.05) is 0 Å². The molecule has 3 N–H and O–H groups in total. The van der Waals surface area contributed by atoms with Gasteiger partial charge < -0.3 is 25.3 Å². The van der Waals surface area contributed by atoms with Crippen molar-refractivity contribution in [2.45, 2.75) is 30.6 Å². The first-order valence-corrected chi connectivity index (χ1v) is 6.44. The fraction of sp³-hybridized carbons (Fsp3) is 0.727. The van der Waals surface area contributed by atoms with Crippen LogP contribution in [-0.2, 0) is 4.79 Å². The van der Waals surface area contributed by atoms with Crippen LogP contribution in [0.3, 0.4) is 0 Å². The molecule has 0 aromatic heterocycles. The van der Waals surface area contributed by atoms with Gasteiger partial charge in [0.25, 0.3) is 0 Å². The zero-order valence-electron chi connectivity index (χ0n) is 11.3. The van der Waals surface area contributed by atoms with Crippen LogP contribution in [0, 0.1) is 0 Å². The number of aliphatic carboxylic acids is 1. The molecule has 2 aliphatic heterocycles. The fourth-order valence-corrected chi connectivity index (χ4v) is 2.76. The van der Waals surface area contributed by atoms with Crippen molar-refractivity contribution in [3.05, 3.63) is 0 Å². The minimum Gasteiger partial charge on any atom is -0.479 e. The minimum atomic E-state index is -4.67. The lowest BCUT2D eigenvalue weighted by atomic mass is 9.86. The van der Waals surface area contributed by atoms with Gasteiger partial charge in [-0.25, -0.2) is 14.4 Å². The lowest BCUT2D eigenvalue weighted by Crippen LogP contribution is -2.61. The third kappa shape index (κ3) is 2.62. The van der Waals surface area contributed by atoms with Crippen LogP contribution < -0.4 is 5.32 Å². The Morgan fingerprint density at radius 3 is 2.14 bits per heavy atom. The molecule has 2 aliphatic rings. The van der Waals surface area contributed by atoms with Gasteiger partial charge in [0.1, 0.15) is 11.6 Å². The second kappa shape index (κ2) is 5.21. The standard InChI is InChI=1S/C11H14F3N3O5/c12-11(13,14)6-5-17(8(20)15-6)10(7(18)19)1-3-16(4-2-10)9(21)22/h6H,1-5H2,(H,15,20)(H,18,19)(H,21,22). The smallest absolute Gasteiger partial charge is 0.410 e. The molecule has 2 fully saturated rings. The van der Waals surface area contributed by atoms with Gasteiger partial charge in [-0.2, -0.15) is 13.2 Å². The summed E-state index contributed by atoms with van der Waals surface area (Å²) in [6.45, 7) is -1.13. The molecule has 3 amide bonds. The Balaban J connectivity index is 2.21. The molecule has 0 aromatic rings.